The number of pyridine rings is 1. The summed E-state index contributed by atoms with van der Waals surface area (Å²) in [6.45, 7) is 2.39. The maximum Gasteiger partial charge on any atom is 0.261 e. The monoisotopic (exact) mass is 349 g/mol. The van der Waals surface area contributed by atoms with E-state index in [4.69, 9.17) is 11.6 Å². The molecule has 4 nitrogen and oxygen atoms in total. The Morgan fingerprint density at radius 2 is 2.13 bits per heavy atom. The molecule has 0 aliphatic carbocycles. The minimum atomic E-state index is -0.695. The van der Waals surface area contributed by atoms with Gasteiger partial charge in [0.05, 0.1) is 30.0 Å². The molecule has 0 fully saturated rings. The third kappa shape index (κ3) is 3.38. The summed E-state index contributed by atoms with van der Waals surface area (Å²) in [7, 11) is 0. The SMILES string of the molecule is CCSc1ccc(Cl)cc1Cn1cnc2cnc(F)cc2c1=O. The maximum absolute atomic E-state index is 13.3. The van der Waals surface area contributed by atoms with Crippen molar-refractivity contribution in [2.75, 3.05) is 5.75 Å². The van der Waals surface area contributed by atoms with E-state index in [0.29, 0.717) is 17.1 Å². The molecule has 0 radical (unpaired) electrons. The van der Waals surface area contributed by atoms with Crippen molar-refractivity contribution in [3.8, 4) is 0 Å². The van der Waals surface area contributed by atoms with E-state index >= 15 is 0 Å². The van der Waals surface area contributed by atoms with Gasteiger partial charge in [-0.2, -0.15) is 4.39 Å². The van der Waals surface area contributed by atoms with Crippen LogP contribution in [0.15, 0.2) is 46.5 Å². The van der Waals surface area contributed by atoms with Gasteiger partial charge < -0.3 is 0 Å². The second kappa shape index (κ2) is 6.68. The summed E-state index contributed by atoms with van der Waals surface area (Å²) < 4.78 is 14.7. The molecule has 0 unspecified atom stereocenters. The fourth-order valence-corrected chi connectivity index (χ4v) is 3.28. The van der Waals surface area contributed by atoms with Gasteiger partial charge in [-0.3, -0.25) is 9.36 Å². The summed E-state index contributed by atoms with van der Waals surface area (Å²) in [5, 5.41) is 0.823. The van der Waals surface area contributed by atoms with Crippen LogP contribution in [-0.2, 0) is 6.54 Å². The maximum atomic E-state index is 13.3. The standard InChI is InChI=1S/C16H13ClFN3OS/c1-2-23-14-4-3-11(17)5-10(14)8-21-9-20-13-7-19-15(18)6-12(13)16(21)22/h3-7,9H,2,8H2,1H3. The molecule has 0 amide bonds. The molecule has 1 aromatic carbocycles. The summed E-state index contributed by atoms with van der Waals surface area (Å²) >= 11 is 7.75. The van der Waals surface area contributed by atoms with Gasteiger partial charge in [-0.1, -0.05) is 18.5 Å². The van der Waals surface area contributed by atoms with Gasteiger partial charge in [-0.15, -0.1) is 11.8 Å². The van der Waals surface area contributed by atoms with Crippen molar-refractivity contribution in [1.82, 2.24) is 14.5 Å². The van der Waals surface area contributed by atoms with Gasteiger partial charge in [-0.25, -0.2) is 9.97 Å². The minimum Gasteiger partial charge on any atom is -0.294 e. The van der Waals surface area contributed by atoms with Crippen LogP contribution in [0.5, 0.6) is 0 Å². The van der Waals surface area contributed by atoms with E-state index in [0.717, 1.165) is 22.3 Å². The van der Waals surface area contributed by atoms with Crippen LogP contribution in [0.2, 0.25) is 5.02 Å². The average Bonchev–Trinajstić information content (AvgIpc) is 2.53. The summed E-state index contributed by atoms with van der Waals surface area (Å²) in [4.78, 5) is 21.3. The van der Waals surface area contributed by atoms with Crippen LogP contribution in [0.4, 0.5) is 4.39 Å². The Balaban J connectivity index is 2.07. The Hall–Kier alpha value is -1.92. The van der Waals surface area contributed by atoms with Crippen molar-refractivity contribution in [3.05, 3.63) is 63.7 Å². The number of halogens is 2. The van der Waals surface area contributed by atoms with Gasteiger partial charge in [-0.05, 0) is 29.5 Å². The third-order valence-electron chi connectivity index (χ3n) is 3.34. The lowest BCUT2D eigenvalue weighted by molar-refractivity contribution is 0.585. The number of rotatable bonds is 4. The second-order valence-corrected chi connectivity index (χ2v) is 6.63. The van der Waals surface area contributed by atoms with Crippen LogP contribution in [-0.4, -0.2) is 20.3 Å². The Labute approximate surface area is 141 Å². The fraction of sp³-hybridized carbons (Fsp3) is 0.188. The molecule has 0 saturated carbocycles. The molecule has 0 bridgehead atoms. The highest BCUT2D eigenvalue weighted by atomic mass is 35.5. The Morgan fingerprint density at radius 1 is 1.30 bits per heavy atom. The molecule has 0 aliphatic heterocycles. The number of nitrogens with zero attached hydrogens (tertiary/aromatic N) is 3. The number of thioether (sulfide) groups is 1. The van der Waals surface area contributed by atoms with Crippen LogP contribution in [0.3, 0.4) is 0 Å². The lowest BCUT2D eigenvalue weighted by Gasteiger charge is -2.11. The van der Waals surface area contributed by atoms with E-state index in [1.54, 1.807) is 11.8 Å². The van der Waals surface area contributed by atoms with Gasteiger partial charge in [0.2, 0.25) is 5.95 Å². The van der Waals surface area contributed by atoms with Crippen molar-refractivity contribution >= 4 is 34.3 Å². The van der Waals surface area contributed by atoms with Gasteiger partial charge in [0.15, 0.2) is 0 Å². The molecule has 7 heteroatoms. The quantitative estimate of drug-likeness (QED) is 0.531. The van der Waals surface area contributed by atoms with Crippen molar-refractivity contribution in [2.24, 2.45) is 0 Å². The van der Waals surface area contributed by atoms with Gasteiger partial charge in [0.1, 0.15) is 0 Å². The van der Waals surface area contributed by atoms with Crippen molar-refractivity contribution in [2.45, 2.75) is 18.4 Å². The van der Waals surface area contributed by atoms with E-state index in [1.807, 2.05) is 18.2 Å². The fourth-order valence-electron chi connectivity index (χ4n) is 2.30. The number of aromatic nitrogens is 3. The van der Waals surface area contributed by atoms with Crippen LogP contribution in [0.25, 0.3) is 10.9 Å². The first-order valence-electron chi connectivity index (χ1n) is 7.00. The van der Waals surface area contributed by atoms with E-state index in [-0.39, 0.29) is 10.9 Å². The molecule has 0 spiro atoms. The summed E-state index contributed by atoms with van der Waals surface area (Å²) in [6.07, 6.45) is 2.71. The van der Waals surface area contributed by atoms with Gasteiger partial charge in [0, 0.05) is 16.0 Å². The molecule has 0 aliphatic rings. The number of fused-ring (bicyclic) bond motifs is 1. The second-order valence-electron chi connectivity index (χ2n) is 4.89. The molecule has 0 N–H and O–H groups in total. The molecular formula is C16H13ClFN3OS. The zero-order valence-corrected chi connectivity index (χ0v) is 13.9. The zero-order chi connectivity index (χ0) is 16.4. The first-order chi connectivity index (χ1) is 11.1. The first kappa shape index (κ1) is 16.0. The van der Waals surface area contributed by atoms with Crippen LogP contribution >= 0.6 is 23.4 Å². The third-order valence-corrected chi connectivity index (χ3v) is 4.57. The molecule has 2 aromatic heterocycles. The van der Waals surface area contributed by atoms with Gasteiger partial charge >= 0.3 is 0 Å². The Kier molecular flexibility index (Phi) is 4.63. The van der Waals surface area contributed by atoms with E-state index in [1.165, 1.54) is 17.1 Å². The van der Waals surface area contributed by atoms with Gasteiger partial charge in [0.25, 0.3) is 5.56 Å². The lowest BCUT2D eigenvalue weighted by Crippen LogP contribution is -2.21. The zero-order valence-electron chi connectivity index (χ0n) is 12.3. The van der Waals surface area contributed by atoms with Crippen molar-refractivity contribution in [1.29, 1.82) is 0 Å². The average molecular weight is 350 g/mol. The number of hydrogen-bond acceptors (Lipinski definition) is 4. The van der Waals surface area contributed by atoms with Crippen molar-refractivity contribution < 1.29 is 4.39 Å². The lowest BCUT2D eigenvalue weighted by atomic mass is 10.2. The highest BCUT2D eigenvalue weighted by Crippen LogP contribution is 2.26. The topological polar surface area (TPSA) is 47.8 Å². The highest BCUT2D eigenvalue weighted by Gasteiger charge is 2.09. The predicted molar refractivity (Wildman–Crippen MR) is 90.7 cm³/mol. The largest absolute Gasteiger partial charge is 0.294 e. The number of benzene rings is 1. The smallest absolute Gasteiger partial charge is 0.261 e. The summed E-state index contributed by atoms with van der Waals surface area (Å²) in [5.41, 5.74) is 1.01. The normalized spacial score (nSPS) is 11.1. The minimum absolute atomic E-state index is 0.215. The highest BCUT2D eigenvalue weighted by molar-refractivity contribution is 7.99. The van der Waals surface area contributed by atoms with Crippen molar-refractivity contribution in [3.63, 3.8) is 0 Å². The van der Waals surface area contributed by atoms with Crippen LogP contribution < -0.4 is 5.56 Å². The molecule has 3 aromatic rings. The first-order valence-corrected chi connectivity index (χ1v) is 8.36. The van der Waals surface area contributed by atoms with Crippen LogP contribution in [0, 0.1) is 5.95 Å². The number of hydrogen-bond donors (Lipinski definition) is 0. The van der Waals surface area contributed by atoms with Crippen LogP contribution in [0.1, 0.15) is 12.5 Å². The summed E-state index contributed by atoms with van der Waals surface area (Å²) in [6, 6.07) is 6.71. The Morgan fingerprint density at radius 3 is 2.91 bits per heavy atom. The molecule has 2 heterocycles. The van der Waals surface area contributed by atoms with E-state index in [9.17, 15) is 9.18 Å². The van der Waals surface area contributed by atoms with E-state index in [2.05, 4.69) is 16.9 Å². The molecule has 0 atom stereocenters. The molecule has 23 heavy (non-hydrogen) atoms. The van der Waals surface area contributed by atoms with E-state index < -0.39 is 5.95 Å². The predicted octanol–water partition coefficient (Wildman–Crippen LogP) is 3.74. The molecule has 118 valence electrons. The molecular weight excluding hydrogens is 337 g/mol. The molecule has 0 saturated heterocycles. The molecule has 3 rings (SSSR count). The summed E-state index contributed by atoms with van der Waals surface area (Å²) in [5.74, 6) is 0.218. The Bertz CT molecular complexity index is 929.